The minimum absolute atomic E-state index is 0.0681. The average Bonchev–Trinajstić information content (AvgIpc) is 3.23. The van der Waals surface area contributed by atoms with Gasteiger partial charge in [-0.2, -0.15) is 0 Å². The van der Waals surface area contributed by atoms with Crippen molar-refractivity contribution in [1.82, 2.24) is 0 Å². The Kier molecular flexibility index (Phi) is 37.1. The number of hydrogen-bond donors (Lipinski definition) is 6. The number of ether oxygens (including phenoxy) is 2. The summed E-state index contributed by atoms with van der Waals surface area (Å²) in [6.45, 7) is 4.30. The van der Waals surface area contributed by atoms with Gasteiger partial charge in [0, 0.05) is 13.0 Å². The molecule has 0 amide bonds. The number of hydrogen-bond acceptors (Lipinski definition) is 11. The van der Waals surface area contributed by atoms with Crippen LogP contribution in [0.5, 0.6) is 0 Å². The van der Waals surface area contributed by atoms with Crippen molar-refractivity contribution in [2.45, 2.75) is 275 Å². The van der Waals surface area contributed by atoms with Gasteiger partial charge in [-0.3, -0.25) is 13.8 Å². The second kappa shape index (κ2) is 38.8. The van der Waals surface area contributed by atoms with Gasteiger partial charge in [-0.05, 0) is 12.8 Å². The second-order valence-corrected chi connectivity index (χ2v) is 19.1. The van der Waals surface area contributed by atoms with Gasteiger partial charge in [0.2, 0.25) is 0 Å². The summed E-state index contributed by atoms with van der Waals surface area (Å²) in [5.41, 5.74) is 0. The van der Waals surface area contributed by atoms with Gasteiger partial charge in [0.1, 0.15) is 42.7 Å². The van der Waals surface area contributed by atoms with Crippen LogP contribution in [0.25, 0.3) is 0 Å². The zero-order valence-corrected chi connectivity index (χ0v) is 39.2. The van der Waals surface area contributed by atoms with Crippen molar-refractivity contribution in [1.29, 1.82) is 0 Å². The molecule has 1 fully saturated rings. The lowest BCUT2D eigenvalue weighted by Gasteiger charge is -2.41. The highest BCUT2D eigenvalue weighted by Crippen LogP contribution is 2.47. The Labute approximate surface area is 365 Å². The summed E-state index contributed by atoms with van der Waals surface area (Å²) in [6.07, 6.45) is 28.9. The van der Waals surface area contributed by atoms with Crippen LogP contribution >= 0.6 is 7.82 Å². The number of aliphatic hydroxyl groups is 5. The largest absolute Gasteiger partial charge is 0.472 e. The summed E-state index contributed by atoms with van der Waals surface area (Å²) in [6, 6.07) is 0. The van der Waals surface area contributed by atoms with E-state index < -0.39 is 63.1 Å². The van der Waals surface area contributed by atoms with Crippen LogP contribution in [0.15, 0.2) is 0 Å². The molecule has 0 saturated heterocycles. The molecule has 0 heterocycles. The van der Waals surface area contributed by atoms with Crippen molar-refractivity contribution in [2.24, 2.45) is 0 Å². The highest BCUT2D eigenvalue weighted by molar-refractivity contribution is 7.47. The number of carbonyl (C=O) groups is 1. The molecule has 6 N–H and O–H groups in total. The Morgan fingerprint density at radius 1 is 0.467 bits per heavy atom. The molecule has 0 aliphatic heterocycles. The van der Waals surface area contributed by atoms with Crippen LogP contribution in [-0.4, -0.2) is 98.9 Å². The first-order chi connectivity index (χ1) is 29.0. The maximum absolute atomic E-state index is 12.8. The molecule has 0 radical (unpaired) electrons. The van der Waals surface area contributed by atoms with Crippen LogP contribution < -0.4 is 0 Å². The van der Waals surface area contributed by atoms with E-state index in [4.69, 9.17) is 18.5 Å². The highest BCUT2D eigenvalue weighted by atomic mass is 31.2. The minimum atomic E-state index is -5.01. The lowest BCUT2D eigenvalue weighted by Crippen LogP contribution is -2.64. The Morgan fingerprint density at radius 3 is 1.15 bits per heavy atom. The van der Waals surface area contributed by atoms with Crippen molar-refractivity contribution >= 4 is 13.8 Å². The van der Waals surface area contributed by atoms with Crippen molar-refractivity contribution in [2.75, 3.05) is 19.8 Å². The molecular weight excluding hydrogens is 787 g/mol. The second-order valence-electron chi connectivity index (χ2n) is 17.7. The van der Waals surface area contributed by atoms with Crippen molar-refractivity contribution in [3.05, 3.63) is 0 Å². The van der Waals surface area contributed by atoms with Gasteiger partial charge >= 0.3 is 13.8 Å². The lowest BCUT2D eigenvalue weighted by atomic mass is 9.85. The van der Waals surface area contributed by atoms with E-state index in [0.29, 0.717) is 13.0 Å². The van der Waals surface area contributed by atoms with E-state index >= 15 is 0 Å². The number of carbonyl (C=O) groups excluding carboxylic acids is 1. The Morgan fingerprint density at radius 2 is 0.783 bits per heavy atom. The molecule has 6 unspecified atom stereocenters. The smallest absolute Gasteiger partial charge is 0.457 e. The molecule has 12 nitrogen and oxygen atoms in total. The van der Waals surface area contributed by atoms with Crippen LogP contribution in [0.2, 0.25) is 0 Å². The zero-order valence-electron chi connectivity index (χ0n) is 38.3. The predicted molar refractivity (Wildman–Crippen MR) is 240 cm³/mol. The fourth-order valence-corrected chi connectivity index (χ4v) is 8.98. The zero-order chi connectivity index (χ0) is 44.1. The van der Waals surface area contributed by atoms with Crippen LogP contribution in [0, 0.1) is 0 Å². The van der Waals surface area contributed by atoms with Crippen molar-refractivity contribution < 1.29 is 58.3 Å². The van der Waals surface area contributed by atoms with Gasteiger partial charge in [-0.1, -0.05) is 213 Å². The van der Waals surface area contributed by atoms with Crippen LogP contribution in [-0.2, 0) is 27.9 Å². The third-order valence-electron chi connectivity index (χ3n) is 12.0. The van der Waals surface area contributed by atoms with Crippen LogP contribution in [0.4, 0.5) is 0 Å². The standard InChI is InChI=1S/C47H93O12P/c1-3-5-7-9-11-13-15-17-18-19-20-21-22-23-24-25-26-28-30-32-34-36-41(48)58-40(38-56-37-35-33-31-29-27-16-14-12-10-8-6-4-2)39-57-60(54,55)59-47-45(52)43(50)42(49)44(51)46(47)53/h40,42-47,49-53H,3-39H2,1-2H3,(H,54,55)/t40-,42?,43-,44?,45?,46?,47?/m1/s1. The first-order valence-electron chi connectivity index (χ1n) is 24.9. The minimum Gasteiger partial charge on any atom is -0.457 e. The number of rotatable bonds is 43. The molecule has 0 aromatic heterocycles. The van der Waals surface area contributed by atoms with Gasteiger partial charge < -0.3 is 39.9 Å². The molecule has 1 rings (SSSR count). The van der Waals surface area contributed by atoms with E-state index in [9.17, 15) is 39.8 Å². The van der Waals surface area contributed by atoms with Crippen LogP contribution in [0.3, 0.4) is 0 Å². The first-order valence-corrected chi connectivity index (χ1v) is 26.4. The molecule has 60 heavy (non-hydrogen) atoms. The molecular formula is C47H93O12P. The highest BCUT2D eigenvalue weighted by Gasteiger charge is 2.51. The van der Waals surface area contributed by atoms with Gasteiger partial charge in [-0.25, -0.2) is 4.57 Å². The van der Waals surface area contributed by atoms with Gasteiger partial charge in [-0.15, -0.1) is 0 Å². The van der Waals surface area contributed by atoms with Gasteiger partial charge in [0.05, 0.1) is 13.2 Å². The predicted octanol–water partition coefficient (Wildman–Crippen LogP) is 10.5. The topological polar surface area (TPSA) is 192 Å². The SMILES string of the molecule is CCCCCCCCCCCCCCCCCCCCCCCC(=O)O[C@H](COCCCCCCCCCCCCCC)COP(=O)(O)OC1C(O)C(O)C(O)[C@@H](O)C1O. The molecule has 358 valence electrons. The van der Waals surface area contributed by atoms with E-state index in [1.54, 1.807) is 0 Å². The van der Waals surface area contributed by atoms with Crippen molar-refractivity contribution in [3.8, 4) is 0 Å². The average molecular weight is 881 g/mol. The molecule has 0 bridgehead atoms. The Hall–Kier alpha value is -0.660. The van der Waals surface area contributed by atoms with E-state index in [0.717, 1.165) is 38.5 Å². The van der Waals surface area contributed by atoms with E-state index in [1.165, 1.54) is 167 Å². The van der Waals surface area contributed by atoms with E-state index in [2.05, 4.69) is 13.8 Å². The fourth-order valence-electron chi connectivity index (χ4n) is 8.01. The molecule has 13 heteroatoms. The number of unbranched alkanes of at least 4 members (excludes halogenated alkanes) is 31. The summed E-state index contributed by atoms with van der Waals surface area (Å²) in [7, 11) is -5.01. The summed E-state index contributed by atoms with van der Waals surface area (Å²) in [5, 5.41) is 50.2. The maximum Gasteiger partial charge on any atom is 0.472 e. The monoisotopic (exact) mass is 881 g/mol. The molecule has 0 spiro atoms. The molecule has 8 atom stereocenters. The fraction of sp³-hybridized carbons (Fsp3) is 0.979. The van der Waals surface area contributed by atoms with Crippen molar-refractivity contribution in [3.63, 3.8) is 0 Å². The number of esters is 1. The maximum atomic E-state index is 12.8. The summed E-state index contributed by atoms with van der Waals surface area (Å²) in [4.78, 5) is 23.2. The molecule has 1 saturated carbocycles. The number of phosphoric acid groups is 1. The van der Waals surface area contributed by atoms with Gasteiger partial charge in [0.15, 0.2) is 0 Å². The first kappa shape index (κ1) is 57.4. The number of aliphatic hydroxyl groups excluding tert-OH is 5. The van der Waals surface area contributed by atoms with Gasteiger partial charge in [0.25, 0.3) is 0 Å². The van der Waals surface area contributed by atoms with E-state index in [1.807, 2.05) is 0 Å². The molecule has 0 aromatic carbocycles. The molecule has 0 aromatic rings. The summed E-state index contributed by atoms with van der Waals surface area (Å²) in [5.74, 6) is -0.470. The summed E-state index contributed by atoms with van der Waals surface area (Å²) < 4.78 is 34.2. The third-order valence-corrected chi connectivity index (χ3v) is 13.0. The molecule has 1 aliphatic carbocycles. The summed E-state index contributed by atoms with van der Waals surface area (Å²) >= 11 is 0. The Balaban J connectivity index is 2.30. The lowest BCUT2D eigenvalue weighted by molar-refractivity contribution is -0.220. The number of phosphoric ester groups is 1. The van der Waals surface area contributed by atoms with E-state index in [-0.39, 0.29) is 13.0 Å². The Bertz CT molecular complexity index is 1000. The normalized spacial score (nSPS) is 22.2. The van der Waals surface area contributed by atoms with Crippen LogP contribution in [0.1, 0.15) is 232 Å². The molecule has 1 aliphatic rings. The quantitative estimate of drug-likeness (QED) is 0.0193. The third kappa shape index (κ3) is 30.4.